The van der Waals surface area contributed by atoms with Crippen LogP contribution in [0, 0.1) is 6.92 Å². The Balaban J connectivity index is 2.19. The van der Waals surface area contributed by atoms with E-state index >= 15 is 0 Å². The molecule has 1 heterocycles. The van der Waals surface area contributed by atoms with Crippen LogP contribution in [-0.2, 0) is 6.42 Å². The Labute approximate surface area is 126 Å². The number of aromatic nitrogens is 1. The van der Waals surface area contributed by atoms with Gasteiger partial charge in [-0.3, -0.25) is 4.98 Å². The van der Waals surface area contributed by atoms with Crippen LogP contribution in [-0.4, -0.2) is 11.5 Å². The van der Waals surface area contributed by atoms with Crippen molar-refractivity contribution in [1.82, 2.24) is 10.3 Å². The molecule has 1 N–H and O–H groups in total. The summed E-state index contributed by atoms with van der Waals surface area (Å²) >= 11 is 6.07. The maximum Gasteiger partial charge on any atom is 0.0579 e. The van der Waals surface area contributed by atoms with Crippen molar-refractivity contribution >= 4 is 11.6 Å². The molecule has 0 fully saturated rings. The molecule has 1 atom stereocenters. The van der Waals surface area contributed by atoms with Gasteiger partial charge in [0.1, 0.15) is 0 Å². The molecule has 1 aromatic carbocycles. The van der Waals surface area contributed by atoms with Crippen molar-refractivity contribution in [2.45, 2.75) is 32.7 Å². The Kier molecular flexibility index (Phi) is 5.57. The number of nitrogens with one attached hydrogen (secondary N) is 1. The molecule has 0 amide bonds. The number of rotatable bonds is 6. The zero-order valence-corrected chi connectivity index (χ0v) is 12.8. The minimum atomic E-state index is 0.230. The van der Waals surface area contributed by atoms with Crippen LogP contribution < -0.4 is 5.32 Å². The molecule has 0 aliphatic heterocycles. The number of nitrogens with zero attached hydrogens (tertiary/aromatic N) is 1. The van der Waals surface area contributed by atoms with E-state index in [1.54, 1.807) is 0 Å². The highest BCUT2D eigenvalue weighted by Crippen LogP contribution is 2.20. The maximum atomic E-state index is 6.07. The SMILES string of the molecule is CCCNC(Cc1cccc(Cl)c1)c1cc(C)ccn1. The average Bonchev–Trinajstić information content (AvgIpc) is 2.43. The largest absolute Gasteiger partial charge is 0.308 e. The summed E-state index contributed by atoms with van der Waals surface area (Å²) in [6, 6.07) is 12.5. The van der Waals surface area contributed by atoms with Crippen LogP contribution in [0.2, 0.25) is 5.02 Å². The Bertz CT molecular complexity index is 554. The van der Waals surface area contributed by atoms with E-state index in [4.69, 9.17) is 11.6 Å². The Morgan fingerprint density at radius 1 is 1.25 bits per heavy atom. The van der Waals surface area contributed by atoms with E-state index in [0.29, 0.717) is 0 Å². The van der Waals surface area contributed by atoms with Crippen LogP contribution in [0.25, 0.3) is 0 Å². The van der Waals surface area contributed by atoms with Gasteiger partial charge in [0, 0.05) is 11.2 Å². The summed E-state index contributed by atoms with van der Waals surface area (Å²) in [7, 11) is 0. The van der Waals surface area contributed by atoms with Crippen molar-refractivity contribution in [3.8, 4) is 0 Å². The lowest BCUT2D eigenvalue weighted by molar-refractivity contribution is 0.517. The van der Waals surface area contributed by atoms with Crippen LogP contribution in [0.15, 0.2) is 42.6 Å². The topological polar surface area (TPSA) is 24.9 Å². The highest BCUT2D eigenvalue weighted by Gasteiger charge is 2.13. The first-order valence-electron chi connectivity index (χ1n) is 7.09. The molecule has 0 spiro atoms. The number of benzene rings is 1. The van der Waals surface area contributed by atoms with Gasteiger partial charge in [0.15, 0.2) is 0 Å². The van der Waals surface area contributed by atoms with Crippen LogP contribution in [0.5, 0.6) is 0 Å². The predicted octanol–water partition coefficient (Wildman–Crippen LogP) is 4.33. The number of hydrogen-bond donors (Lipinski definition) is 1. The Morgan fingerprint density at radius 3 is 2.80 bits per heavy atom. The maximum absolute atomic E-state index is 6.07. The van der Waals surface area contributed by atoms with Crippen molar-refractivity contribution in [1.29, 1.82) is 0 Å². The van der Waals surface area contributed by atoms with E-state index in [0.717, 1.165) is 30.1 Å². The first-order chi connectivity index (χ1) is 9.69. The fourth-order valence-electron chi connectivity index (χ4n) is 2.25. The van der Waals surface area contributed by atoms with Crippen LogP contribution >= 0.6 is 11.6 Å². The summed E-state index contributed by atoms with van der Waals surface area (Å²) in [4.78, 5) is 4.52. The normalized spacial score (nSPS) is 12.3. The average molecular weight is 289 g/mol. The van der Waals surface area contributed by atoms with Gasteiger partial charge in [-0.05, 0) is 61.7 Å². The molecular weight excluding hydrogens is 268 g/mol. The highest BCUT2D eigenvalue weighted by atomic mass is 35.5. The molecule has 2 aromatic rings. The molecule has 0 saturated carbocycles. The minimum Gasteiger partial charge on any atom is -0.308 e. The molecule has 20 heavy (non-hydrogen) atoms. The van der Waals surface area contributed by atoms with Gasteiger partial charge < -0.3 is 5.32 Å². The minimum absolute atomic E-state index is 0.230. The molecule has 0 aliphatic rings. The molecule has 2 nitrogen and oxygen atoms in total. The van der Waals surface area contributed by atoms with Gasteiger partial charge in [-0.25, -0.2) is 0 Å². The number of hydrogen-bond acceptors (Lipinski definition) is 2. The molecule has 0 aliphatic carbocycles. The molecule has 0 saturated heterocycles. The van der Waals surface area contributed by atoms with Gasteiger partial charge in [0.25, 0.3) is 0 Å². The lowest BCUT2D eigenvalue weighted by Crippen LogP contribution is -2.25. The molecule has 2 rings (SSSR count). The van der Waals surface area contributed by atoms with Crippen LogP contribution in [0.3, 0.4) is 0 Å². The zero-order chi connectivity index (χ0) is 14.4. The summed E-state index contributed by atoms with van der Waals surface area (Å²) in [6.45, 7) is 5.26. The summed E-state index contributed by atoms with van der Waals surface area (Å²) in [5.41, 5.74) is 3.57. The second-order valence-electron chi connectivity index (χ2n) is 5.10. The fraction of sp³-hybridized carbons (Fsp3) is 0.353. The second kappa shape index (κ2) is 7.41. The summed E-state index contributed by atoms with van der Waals surface area (Å²) < 4.78 is 0. The lowest BCUT2D eigenvalue weighted by Gasteiger charge is -2.18. The monoisotopic (exact) mass is 288 g/mol. The lowest BCUT2D eigenvalue weighted by atomic mass is 10.0. The van der Waals surface area contributed by atoms with Crippen LogP contribution in [0.1, 0.15) is 36.2 Å². The third kappa shape index (κ3) is 4.32. The molecular formula is C17H21ClN2. The van der Waals surface area contributed by atoms with Gasteiger partial charge >= 0.3 is 0 Å². The third-order valence-corrected chi connectivity index (χ3v) is 3.50. The van der Waals surface area contributed by atoms with E-state index < -0.39 is 0 Å². The zero-order valence-electron chi connectivity index (χ0n) is 12.1. The Morgan fingerprint density at radius 2 is 2.10 bits per heavy atom. The van der Waals surface area contributed by atoms with Gasteiger partial charge in [-0.15, -0.1) is 0 Å². The predicted molar refractivity (Wildman–Crippen MR) is 85.2 cm³/mol. The first kappa shape index (κ1) is 15.0. The summed E-state index contributed by atoms with van der Waals surface area (Å²) in [6.07, 6.45) is 3.89. The number of halogens is 1. The standard InChI is InChI=1S/C17H21ClN2/c1-3-8-19-17(16-10-13(2)7-9-20-16)12-14-5-4-6-15(18)11-14/h4-7,9-11,17,19H,3,8,12H2,1-2H3. The van der Waals surface area contributed by atoms with Gasteiger partial charge in [0.2, 0.25) is 0 Å². The molecule has 0 bridgehead atoms. The third-order valence-electron chi connectivity index (χ3n) is 3.26. The summed E-state index contributed by atoms with van der Waals surface area (Å²) in [5.74, 6) is 0. The number of aryl methyl sites for hydroxylation is 1. The Hall–Kier alpha value is -1.38. The molecule has 3 heteroatoms. The fourth-order valence-corrected chi connectivity index (χ4v) is 2.46. The van der Waals surface area contributed by atoms with E-state index in [2.05, 4.69) is 36.3 Å². The summed E-state index contributed by atoms with van der Waals surface area (Å²) in [5, 5.41) is 4.36. The van der Waals surface area contributed by atoms with Crippen molar-refractivity contribution in [2.24, 2.45) is 0 Å². The smallest absolute Gasteiger partial charge is 0.0579 e. The van der Waals surface area contributed by atoms with Crippen LogP contribution in [0.4, 0.5) is 0 Å². The van der Waals surface area contributed by atoms with E-state index in [9.17, 15) is 0 Å². The van der Waals surface area contributed by atoms with Crippen molar-refractivity contribution < 1.29 is 0 Å². The molecule has 106 valence electrons. The highest BCUT2D eigenvalue weighted by molar-refractivity contribution is 6.30. The second-order valence-corrected chi connectivity index (χ2v) is 5.54. The molecule has 1 aromatic heterocycles. The van der Waals surface area contributed by atoms with E-state index in [1.807, 2.05) is 30.5 Å². The molecule has 1 unspecified atom stereocenters. The van der Waals surface area contributed by atoms with Gasteiger partial charge in [0.05, 0.1) is 11.7 Å². The van der Waals surface area contributed by atoms with E-state index in [1.165, 1.54) is 11.1 Å². The van der Waals surface area contributed by atoms with Crippen molar-refractivity contribution in [2.75, 3.05) is 6.54 Å². The van der Waals surface area contributed by atoms with Crippen molar-refractivity contribution in [3.05, 3.63) is 64.4 Å². The van der Waals surface area contributed by atoms with Gasteiger partial charge in [-0.1, -0.05) is 30.7 Å². The quantitative estimate of drug-likeness (QED) is 0.856. The number of pyridine rings is 1. The van der Waals surface area contributed by atoms with E-state index in [-0.39, 0.29) is 6.04 Å². The van der Waals surface area contributed by atoms with Crippen molar-refractivity contribution in [3.63, 3.8) is 0 Å². The molecule has 0 radical (unpaired) electrons. The first-order valence-corrected chi connectivity index (χ1v) is 7.47. The van der Waals surface area contributed by atoms with Gasteiger partial charge in [-0.2, -0.15) is 0 Å².